The van der Waals surface area contributed by atoms with Gasteiger partial charge in [-0.15, -0.1) is 5.92 Å². The van der Waals surface area contributed by atoms with Crippen LogP contribution in [0, 0.1) is 11.8 Å². The molecule has 0 aliphatic rings. The van der Waals surface area contributed by atoms with Gasteiger partial charge in [-0.25, -0.2) is 0 Å². The zero-order valence-electron chi connectivity index (χ0n) is 5.68. The summed E-state index contributed by atoms with van der Waals surface area (Å²) in [6.45, 7) is 3.76. The van der Waals surface area contributed by atoms with Gasteiger partial charge < -0.3 is 9.53 Å². The van der Waals surface area contributed by atoms with Gasteiger partial charge in [-0.1, -0.05) is 5.92 Å². The van der Waals surface area contributed by atoms with Crippen molar-refractivity contribution in [2.24, 2.45) is 0 Å². The average Bonchev–Trinajstić information content (AvgIpc) is 1.89. The van der Waals surface area contributed by atoms with Crippen molar-refractivity contribution >= 4 is 6.29 Å². The molecule has 0 rings (SSSR count). The van der Waals surface area contributed by atoms with E-state index in [1.54, 1.807) is 13.8 Å². The minimum absolute atomic E-state index is 0.328. The molecule has 0 radical (unpaired) electrons. The Kier molecular flexibility index (Phi) is 4.85. The summed E-state index contributed by atoms with van der Waals surface area (Å²) in [7, 11) is 0. The maximum Gasteiger partial charge on any atom is 0.148 e. The molecule has 0 amide bonds. The largest absolute Gasteiger partial charge is 0.358 e. The van der Waals surface area contributed by atoms with Crippen molar-refractivity contribution in [3.05, 3.63) is 0 Å². The van der Waals surface area contributed by atoms with Gasteiger partial charge in [0.15, 0.2) is 0 Å². The molecule has 0 aromatic heterocycles. The number of carbonyl (C=O) groups is 1. The zero-order valence-corrected chi connectivity index (χ0v) is 5.68. The van der Waals surface area contributed by atoms with E-state index in [0.29, 0.717) is 6.61 Å². The second kappa shape index (κ2) is 5.33. The van der Waals surface area contributed by atoms with Gasteiger partial charge in [-0.05, 0) is 13.8 Å². The Balaban J connectivity index is 3.23. The molecule has 2 heteroatoms. The molecule has 0 aliphatic carbocycles. The summed E-state index contributed by atoms with van der Waals surface area (Å²) < 4.78 is 4.89. The monoisotopic (exact) mass is 126 g/mol. The van der Waals surface area contributed by atoms with Crippen molar-refractivity contribution in [3.8, 4) is 11.8 Å². The molecular formula is C7H10O2. The van der Waals surface area contributed by atoms with Crippen LogP contribution in [0.15, 0.2) is 0 Å². The van der Waals surface area contributed by atoms with Crippen LogP contribution in [0.5, 0.6) is 0 Å². The lowest BCUT2D eigenvalue weighted by molar-refractivity contribution is -0.116. The molecule has 0 heterocycles. The van der Waals surface area contributed by atoms with Gasteiger partial charge in [-0.2, -0.15) is 0 Å². The van der Waals surface area contributed by atoms with E-state index < -0.39 is 0 Å². The van der Waals surface area contributed by atoms with E-state index in [2.05, 4.69) is 11.8 Å². The predicted molar refractivity (Wildman–Crippen MR) is 34.9 cm³/mol. The fraction of sp³-hybridized carbons (Fsp3) is 0.571. The number of hydrogen-bond donors (Lipinski definition) is 0. The normalized spacial score (nSPS) is 11.3. The Bertz CT molecular complexity index is 130. The van der Waals surface area contributed by atoms with Crippen LogP contribution in [0.4, 0.5) is 0 Å². The molecule has 0 saturated heterocycles. The quantitative estimate of drug-likeness (QED) is 0.409. The highest BCUT2D eigenvalue weighted by Gasteiger charge is 1.93. The third-order valence-corrected chi connectivity index (χ3v) is 0.787. The van der Waals surface area contributed by atoms with Crippen molar-refractivity contribution in [1.82, 2.24) is 0 Å². The van der Waals surface area contributed by atoms with Crippen molar-refractivity contribution in [3.63, 3.8) is 0 Å². The topological polar surface area (TPSA) is 26.3 Å². The first kappa shape index (κ1) is 8.19. The lowest BCUT2D eigenvalue weighted by Crippen LogP contribution is -2.08. The number of hydrogen-bond acceptors (Lipinski definition) is 2. The SMILES string of the molecule is CC#CCOC(C)C=O. The fourth-order valence-corrected chi connectivity index (χ4v) is 0.285. The molecular weight excluding hydrogens is 116 g/mol. The second-order valence-corrected chi connectivity index (χ2v) is 1.58. The molecule has 9 heavy (non-hydrogen) atoms. The lowest BCUT2D eigenvalue weighted by Gasteiger charge is -1.99. The number of aldehydes is 1. The number of ether oxygens (including phenoxy) is 1. The molecule has 2 nitrogen and oxygen atoms in total. The third kappa shape index (κ3) is 5.05. The standard InChI is InChI=1S/C7H10O2/c1-3-4-5-9-7(2)6-8/h6-7H,5H2,1-2H3. The smallest absolute Gasteiger partial charge is 0.148 e. The van der Waals surface area contributed by atoms with Gasteiger partial charge in [0.05, 0.1) is 0 Å². The molecule has 1 atom stereocenters. The van der Waals surface area contributed by atoms with Crippen LogP contribution >= 0.6 is 0 Å². The maximum atomic E-state index is 9.93. The van der Waals surface area contributed by atoms with Gasteiger partial charge >= 0.3 is 0 Å². The lowest BCUT2D eigenvalue weighted by atomic mass is 10.5. The number of carbonyl (C=O) groups excluding carboxylic acids is 1. The minimum Gasteiger partial charge on any atom is -0.358 e. The Labute approximate surface area is 55.2 Å². The van der Waals surface area contributed by atoms with Crippen LogP contribution in [-0.2, 0) is 9.53 Å². The highest BCUT2D eigenvalue weighted by molar-refractivity contribution is 5.55. The molecule has 0 saturated carbocycles. The van der Waals surface area contributed by atoms with Crippen LogP contribution in [0.1, 0.15) is 13.8 Å². The molecule has 0 spiro atoms. The first-order chi connectivity index (χ1) is 4.31. The summed E-state index contributed by atoms with van der Waals surface area (Å²) in [6.07, 6.45) is 0.419. The van der Waals surface area contributed by atoms with Crippen LogP contribution in [-0.4, -0.2) is 19.0 Å². The van der Waals surface area contributed by atoms with Crippen LogP contribution in [0.2, 0.25) is 0 Å². The fourth-order valence-electron chi connectivity index (χ4n) is 0.285. The Morgan fingerprint density at radius 2 is 2.44 bits per heavy atom. The van der Waals surface area contributed by atoms with Crippen LogP contribution in [0.25, 0.3) is 0 Å². The third-order valence-electron chi connectivity index (χ3n) is 0.787. The van der Waals surface area contributed by atoms with E-state index in [-0.39, 0.29) is 6.10 Å². The van der Waals surface area contributed by atoms with Gasteiger partial charge in [0.2, 0.25) is 0 Å². The van der Waals surface area contributed by atoms with E-state index >= 15 is 0 Å². The van der Waals surface area contributed by atoms with Gasteiger partial charge in [-0.3, -0.25) is 0 Å². The molecule has 0 bridgehead atoms. The maximum absolute atomic E-state index is 9.93. The summed E-state index contributed by atoms with van der Waals surface area (Å²) >= 11 is 0. The summed E-state index contributed by atoms with van der Waals surface area (Å²) in [5.74, 6) is 5.34. The summed E-state index contributed by atoms with van der Waals surface area (Å²) in [5.41, 5.74) is 0. The molecule has 50 valence electrons. The predicted octanol–water partition coefficient (Wildman–Crippen LogP) is 0.614. The minimum atomic E-state index is -0.328. The van der Waals surface area contributed by atoms with E-state index in [0.717, 1.165) is 6.29 Å². The van der Waals surface area contributed by atoms with Crippen LogP contribution in [0.3, 0.4) is 0 Å². The van der Waals surface area contributed by atoms with Crippen molar-refractivity contribution in [2.45, 2.75) is 20.0 Å². The molecule has 0 fully saturated rings. The van der Waals surface area contributed by atoms with E-state index in [1.807, 2.05) is 0 Å². The Morgan fingerprint density at radius 1 is 1.78 bits per heavy atom. The van der Waals surface area contributed by atoms with Crippen LogP contribution < -0.4 is 0 Å². The summed E-state index contributed by atoms with van der Waals surface area (Å²) in [6, 6.07) is 0. The molecule has 0 aromatic carbocycles. The van der Waals surface area contributed by atoms with Gasteiger partial charge in [0, 0.05) is 0 Å². The Morgan fingerprint density at radius 3 is 2.89 bits per heavy atom. The highest BCUT2D eigenvalue weighted by atomic mass is 16.5. The van der Waals surface area contributed by atoms with Crippen molar-refractivity contribution < 1.29 is 9.53 Å². The van der Waals surface area contributed by atoms with E-state index in [1.165, 1.54) is 0 Å². The molecule has 0 N–H and O–H groups in total. The summed E-state index contributed by atoms with van der Waals surface area (Å²) in [5, 5.41) is 0. The zero-order chi connectivity index (χ0) is 7.11. The number of rotatable bonds is 3. The first-order valence-corrected chi connectivity index (χ1v) is 2.77. The van der Waals surface area contributed by atoms with E-state index in [4.69, 9.17) is 4.74 Å². The highest BCUT2D eigenvalue weighted by Crippen LogP contribution is 1.82. The van der Waals surface area contributed by atoms with Gasteiger partial charge in [0.25, 0.3) is 0 Å². The average molecular weight is 126 g/mol. The van der Waals surface area contributed by atoms with Crippen molar-refractivity contribution in [1.29, 1.82) is 0 Å². The molecule has 0 aromatic rings. The van der Waals surface area contributed by atoms with Crippen molar-refractivity contribution in [2.75, 3.05) is 6.61 Å². The first-order valence-electron chi connectivity index (χ1n) is 2.77. The molecule has 1 unspecified atom stereocenters. The Hall–Kier alpha value is -0.810. The van der Waals surface area contributed by atoms with E-state index in [9.17, 15) is 4.79 Å². The second-order valence-electron chi connectivity index (χ2n) is 1.58. The summed E-state index contributed by atoms with van der Waals surface area (Å²) in [4.78, 5) is 9.93. The molecule has 0 aliphatic heterocycles. The van der Waals surface area contributed by atoms with Gasteiger partial charge in [0.1, 0.15) is 19.0 Å².